The van der Waals surface area contributed by atoms with Crippen LogP contribution in [0.5, 0.6) is 0 Å². The van der Waals surface area contributed by atoms with E-state index < -0.39 is 5.83 Å². The van der Waals surface area contributed by atoms with Gasteiger partial charge in [-0.05, 0) is 22.6 Å². The Morgan fingerprint density at radius 2 is 2.25 bits per heavy atom. The van der Waals surface area contributed by atoms with E-state index in [-0.39, 0.29) is 4.48 Å². The lowest BCUT2D eigenvalue weighted by molar-refractivity contribution is 0.668. The highest BCUT2D eigenvalue weighted by molar-refractivity contribution is 9.11. The van der Waals surface area contributed by atoms with Gasteiger partial charge in [0.05, 0.1) is 4.48 Å². The van der Waals surface area contributed by atoms with E-state index in [9.17, 15) is 4.39 Å². The molecule has 0 saturated heterocycles. The van der Waals surface area contributed by atoms with Gasteiger partial charge in [-0.3, -0.25) is 4.99 Å². The molecular formula is C5H5BrFN. The highest BCUT2D eigenvalue weighted by Gasteiger charge is 1.91. The zero-order valence-electron chi connectivity index (χ0n) is 4.19. The van der Waals surface area contributed by atoms with E-state index in [1.54, 1.807) is 0 Å². The first-order valence-corrected chi connectivity index (χ1v) is 2.64. The zero-order chi connectivity index (χ0) is 6.57. The van der Waals surface area contributed by atoms with Crippen LogP contribution in [0.4, 0.5) is 4.39 Å². The summed E-state index contributed by atoms with van der Waals surface area (Å²) in [6.45, 7) is 6.12. The topological polar surface area (TPSA) is 12.4 Å². The fraction of sp³-hybridized carbons (Fsp3) is 0. The third-order valence-corrected chi connectivity index (χ3v) is 1.10. The largest absolute Gasteiger partial charge is 0.271 e. The van der Waals surface area contributed by atoms with Crippen LogP contribution in [-0.4, -0.2) is 6.72 Å². The molecule has 0 unspecified atom stereocenters. The molecule has 0 aromatic rings. The van der Waals surface area contributed by atoms with Crippen LogP contribution in [0.1, 0.15) is 0 Å². The van der Waals surface area contributed by atoms with Crippen LogP contribution in [-0.2, 0) is 0 Å². The van der Waals surface area contributed by atoms with Crippen LogP contribution in [0, 0.1) is 0 Å². The molecule has 44 valence electrons. The summed E-state index contributed by atoms with van der Waals surface area (Å²) in [5.74, 6) is -0.544. The molecule has 0 N–H and O–H groups in total. The maximum Gasteiger partial charge on any atom is 0.131 e. The van der Waals surface area contributed by atoms with Gasteiger partial charge in [0.2, 0.25) is 0 Å². The Morgan fingerprint density at radius 1 is 1.75 bits per heavy atom. The molecule has 8 heavy (non-hydrogen) atoms. The second-order valence-electron chi connectivity index (χ2n) is 1.06. The molecule has 0 bridgehead atoms. The SMILES string of the molecule is C=NC=C(Br)C(=C)F. The van der Waals surface area contributed by atoms with E-state index in [0.717, 1.165) is 0 Å². The maximum absolute atomic E-state index is 11.9. The highest BCUT2D eigenvalue weighted by atomic mass is 79.9. The summed E-state index contributed by atoms with van der Waals surface area (Å²) >= 11 is 2.86. The van der Waals surface area contributed by atoms with Crippen molar-refractivity contribution in [1.82, 2.24) is 0 Å². The van der Waals surface area contributed by atoms with Crippen molar-refractivity contribution in [2.24, 2.45) is 4.99 Å². The summed E-state index contributed by atoms with van der Waals surface area (Å²) in [6.07, 6.45) is 1.24. The van der Waals surface area contributed by atoms with Gasteiger partial charge in [-0.2, -0.15) is 0 Å². The molecule has 0 atom stereocenters. The fourth-order valence-electron chi connectivity index (χ4n) is 0.150. The lowest BCUT2D eigenvalue weighted by atomic mass is 10.6. The van der Waals surface area contributed by atoms with E-state index in [1.165, 1.54) is 6.20 Å². The number of halogens is 2. The number of allylic oxidation sites excluding steroid dienone is 2. The molecule has 0 aromatic carbocycles. The van der Waals surface area contributed by atoms with Crippen LogP contribution in [0.25, 0.3) is 0 Å². The van der Waals surface area contributed by atoms with Gasteiger partial charge in [0.1, 0.15) is 5.83 Å². The molecule has 0 saturated carbocycles. The van der Waals surface area contributed by atoms with E-state index >= 15 is 0 Å². The monoisotopic (exact) mass is 177 g/mol. The summed E-state index contributed by atoms with van der Waals surface area (Å²) in [5, 5.41) is 0. The summed E-state index contributed by atoms with van der Waals surface area (Å²) in [6, 6.07) is 0. The summed E-state index contributed by atoms with van der Waals surface area (Å²) in [5.41, 5.74) is 0. The molecule has 0 amide bonds. The van der Waals surface area contributed by atoms with Gasteiger partial charge < -0.3 is 0 Å². The van der Waals surface area contributed by atoms with Crippen LogP contribution < -0.4 is 0 Å². The second-order valence-corrected chi connectivity index (χ2v) is 1.92. The van der Waals surface area contributed by atoms with E-state index in [0.29, 0.717) is 0 Å². The zero-order valence-corrected chi connectivity index (χ0v) is 5.78. The summed E-state index contributed by atoms with van der Waals surface area (Å²) < 4.78 is 12.1. The number of aliphatic imine (C=N–C) groups is 1. The van der Waals surface area contributed by atoms with Gasteiger partial charge in [0.15, 0.2) is 0 Å². The van der Waals surface area contributed by atoms with E-state index in [2.05, 4.69) is 34.2 Å². The molecule has 0 heterocycles. The maximum atomic E-state index is 11.9. The molecule has 0 aliphatic heterocycles. The number of hydrogen-bond donors (Lipinski definition) is 0. The van der Waals surface area contributed by atoms with E-state index in [4.69, 9.17) is 0 Å². The molecule has 0 aromatic heterocycles. The Kier molecular flexibility index (Phi) is 3.35. The molecule has 0 aliphatic rings. The van der Waals surface area contributed by atoms with Gasteiger partial charge in [-0.15, -0.1) is 0 Å². The van der Waals surface area contributed by atoms with Crippen molar-refractivity contribution in [3.8, 4) is 0 Å². The van der Waals surface area contributed by atoms with Crippen molar-refractivity contribution in [2.45, 2.75) is 0 Å². The number of nitrogens with zero attached hydrogens (tertiary/aromatic N) is 1. The predicted molar refractivity (Wildman–Crippen MR) is 36.8 cm³/mol. The molecular weight excluding hydrogens is 173 g/mol. The van der Waals surface area contributed by atoms with Crippen LogP contribution in [0.3, 0.4) is 0 Å². The van der Waals surface area contributed by atoms with Crippen molar-refractivity contribution in [3.05, 3.63) is 23.1 Å². The average molecular weight is 178 g/mol. The highest BCUT2D eigenvalue weighted by Crippen LogP contribution is 2.15. The van der Waals surface area contributed by atoms with Crippen molar-refractivity contribution >= 4 is 22.6 Å². The molecule has 0 aliphatic carbocycles. The molecule has 0 spiro atoms. The predicted octanol–water partition coefficient (Wildman–Crippen LogP) is 2.41. The van der Waals surface area contributed by atoms with Gasteiger partial charge in [0, 0.05) is 6.20 Å². The lowest BCUT2D eigenvalue weighted by Gasteiger charge is -1.85. The third kappa shape index (κ3) is 2.69. The van der Waals surface area contributed by atoms with Gasteiger partial charge in [-0.1, -0.05) is 6.58 Å². The standard InChI is InChI=1S/C5H5BrFN/c1-4(7)5(6)3-8-2/h3H,1-2H2. The van der Waals surface area contributed by atoms with Crippen LogP contribution >= 0.6 is 15.9 Å². The Hall–Kier alpha value is -0.440. The van der Waals surface area contributed by atoms with E-state index in [1.807, 2.05) is 0 Å². The molecule has 3 heteroatoms. The van der Waals surface area contributed by atoms with Crippen LogP contribution in [0.2, 0.25) is 0 Å². The van der Waals surface area contributed by atoms with Gasteiger partial charge in [-0.25, -0.2) is 4.39 Å². The Labute approximate surface area is 55.7 Å². The minimum atomic E-state index is -0.544. The lowest BCUT2D eigenvalue weighted by Crippen LogP contribution is -1.65. The third-order valence-electron chi connectivity index (χ3n) is 0.464. The van der Waals surface area contributed by atoms with Crippen molar-refractivity contribution in [3.63, 3.8) is 0 Å². The first kappa shape index (κ1) is 7.56. The minimum Gasteiger partial charge on any atom is -0.271 e. The normalized spacial score (nSPS) is 11.0. The summed E-state index contributed by atoms with van der Waals surface area (Å²) in [4.78, 5) is 3.30. The molecule has 1 nitrogen and oxygen atoms in total. The van der Waals surface area contributed by atoms with Crippen molar-refractivity contribution in [1.29, 1.82) is 0 Å². The number of rotatable bonds is 2. The average Bonchev–Trinajstić information content (AvgIpc) is 1.67. The second kappa shape index (κ2) is 3.55. The van der Waals surface area contributed by atoms with Gasteiger partial charge >= 0.3 is 0 Å². The molecule has 0 rings (SSSR count). The van der Waals surface area contributed by atoms with Gasteiger partial charge in [0.25, 0.3) is 0 Å². The first-order chi connectivity index (χ1) is 3.68. The fourth-order valence-corrected chi connectivity index (χ4v) is 0.295. The van der Waals surface area contributed by atoms with Crippen LogP contribution in [0.15, 0.2) is 28.1 Å². The minimum absolute atomic E-state index is 0.229. The quantitative estimate of drug-likeness (QED) is 0.454. The Balaban J connectivity index is 3.99. The smallest absolute Gasteiger partial charge is 0.131 e. The first-order valence-electron chi connectivity index (χ1n) is 1.84. The molecule has 0 radical (unpaired) electrons. The Morgan fingerprint density at radius 3 is 2.38 bits per heavy atom. The van der Waals surface area contributed by atoms with Crippen molar-refractivity contribution < 1.29 is 4.39 Å². The van der Waals surface area contributed by atoms with Crippen molar-refractivity contribution in [2.75, 3.05) is 0 Å². The summed E-state index contributed by atoms with van der Waals surface area (Å²) in [7, 11) is 0. The molecule has 0 fully saturated rings. The number of hydrogen-bond acceptors (Lipinski definition) is 1. The Bertz CT molecular complexity index is 139.